The number of aromatic nitrogens is 1. The summed E-state index contributed by atoms with van der Waals surface area (Å²) in [5.41, 5.74) is 7.81. The number of pyridine rings is 1. The zero-order valence-corrected chi connectivity index (χ0v) is 10.5. The van der Waals surface area contributed by atoms with Gasteiger partial charge in [-0.15, -0.1) is 0 Å². The molecule has 18 heavy (non-hydrogen) atoms. The van der Waals surface area contributed by atoms with Crippen molar-refractivity contribution in [1.29, 1.82) is 5.26 Å². The molecule has 0 unspecified atom stereocenters. The number of benzene rings is 1. The molecule has 1 heterocycles. The fourth-order valence-electron chi connectivity index (χ4n) is 1.61. The molecule has 1 aromatic carbocycles. The number of nitrogen functional groups attached to an aromatic ring is 1. The van der Waals surface area contributed by atoms with Gasteiger partial charge in [0.1, 0.15) is 5.15 Å². The van der Waals surface area contributed by atoms with Crippen molar-refractivity contribution in [2.45, 2.75) is 0 Å². The molecule has 2 aromatic rings. The summed E-state index contributed by atoms with van der Waals surface area (Å²) < 4.78 is 0. The fraction of sp³-hybridized carbons (Fsp3) is 0.0769. The number of nitrogens with two attached hydrogens (primary N) is 1. The number of nitriles is 1. The van der Waals surface area contributed by atoms with Gasteiger partial charge < -0.3 is 10.6 Å². The van der Waals surface area contributed by atoms with Crippen molar-refractivity contribution in [3.63, 3.8) is 0 Å². The van der Waals surface area contributed by atoms with Crippen LogP contribution in [0, 0.1) is 11.3 Å². The van der Waals surface area contributed by atoms with Crippen molar-refractivity contribution in [2.24, 2.45) is 0 Å². The van der Waals surface area contributed by atoms with Crippen LogP contribution >= 0.6 is 11.6 Å². The number of hydrogen-bond donors (Lipinski definition) is 1. The molecule has 4 nitrogen and oxygen atoms in total. The van der Waals surface area contributed by atoms with Crippen LogP contribution in [-0.4, -0.2) is 12.0 Å². The Labute approximate surface area is 110 Å². The van der Waals surface area contributed by atoms with E-state index in [4.69, 9.17) is 22.6 Å². The molecule has 0 radical (unpaired) electrons. The maximum atomic E-state index is 8.88. The van der Waals surface area contributed by atoms with Gasteiger partial charge in [-0.3, -0.25) is 0 Å². The van der Waals surface area contributed by atoms with E-state index in [1.807, 2.05) is 19.2 Å². The second-order valence-corrected chi connectivity index (χ2v) is 4.16. The minimum absolute atomic E-state index is 0.377. The van der Waals surface area contributed by atoms with Gasteiger partial charge in [0.15, 0.2) is 5.82 Å². The third-order valence-corrected chi connectivity index (χ3v) is 2.76. The number of hydrogen-bond acceptors (Lipinski definition) is 4. The van der Waals surface area contributed by atoms with E-state index in [2.05, 4.69) is 11.1 Å². The van der Waals surface area contributed by atoms with Crippen LogP contribution < -0.4 is 10.6 Å². The minimum atomic E-state index is 0.377. The van der Waals surface area contributed by atoms with Crippen LogP contribution in [0.2, 0.25) is 5.15 Å². The maximum absolute atomic E-state index is 8.88. The Morgan fingerprint density at radius 2 is 2.11 bits per heavy atom. The summed E-state index contributed by atoms with van der Waals surface area (Å²) in [5.74, 6) is 0.567. The SMILES string of the molecule is CN(c1cccc(C#N)c1)c1nc(Cl)ccc1N. The molecule has 2 N–H and O–H groups in total. The van der Waals surface area contributed by atoms with Crippen LogP contribution in [0.15, 0.2) is 36.4 Å². The molecule has 0 amide bonds. The summed E-state index contributed by atoms with van der Waals surface area (Å²) in [4.78, 5) is 5.98. The van der Waals surface area contributed by atoms with Crippen molar-refractivity contribution in [3.8, 4) is 6.07 Å². The summed E-state index contributed by atoms with van der Waals surface area (Å²) >= 11 is 5.86. The second kappa shape index (κ2) is 4.94. The van der Waals surface area contributed by atoms with Crippen LogP contribution in [0.25, 0.3) is 0 Å². The highest BCUT2D eigenvalue weighted by atomic mass is 35.5. The van der Waals surface area contributed by atoms with Crippen LogP contribution in [0.4, 0.5) is 17.2 Å². The van der Waals surface area contributed by atoms with Crippen molar-refractivity contribution < 1.29 is 0 Å². The summed E-state index contributed by atoms with van der Waals surface area (Å²) in [5, 5.41) is 9.26. The van der Waals surface area contributed by atoms with E-state index in [0.29, 0.717) is 22.2 Å². The predicted octanol–water partition coefficient (Wildman–Crippen LogP) is 2.96. The van der Waals surface area contributed by atoms with E-state index in [0.717, 1.165) is 5.69 Å². The lowest BCUT2D eigenvalue weighted by molar-refractivity contribution is 1.13. The molecule has 0 atom stereocenters. The first kappa shape index (κ1) is 12.2. The predicted molar refractivity (Wildman–Crippen MR) is 72.9 cm³/mol. The summed E-state index contributed by atoms with van der Waals surface area (Å²) in [6, 6.07) is 12.6. The molecule has 0 saturated carbocycles. The van der Waals surface area contributed by atoms with Gasteiger partial charge in [-0.05, 0) is 30.3 Å². The molecule has 2 rings (SSSR count). The first-order valence-corrected chi connectivity index (χ1v) is 5.65. The highest BCUT2D eigenvalue weighted by Gasteiger charge is 2.10. The topological polar surface area (TPSA) is 65.9 Å². The Bertz CT molecular complexity index is 619. The largest absolute Gasteiger partial charge is 0.396 e. The Morgan fingerprint density at radius 1 is 1.33 bits per heavy atom. The molecule has 0 bridgehead atoms. The molecule has 90 valence electrons. The van der Waals surface area contributed by atoms with Crippen molar-refractivity contribution >= 4 is 28.8 Å². The smallest absolute Gasteiger partial charge is 0.157 e. The summed E-state index contributed by atoms with van der Waals surface area (Å²) in [6.07, 6.45) is 0. The minimum Gasteiger partial charge on any atom is -0.396 e. The van der Waals surface area contributed by atoms with E-state index >= 15 is 0 Å². The molecule has 0 aliphatic heterocycles. The van der Waals surface area contributed by atoms with Crippen LogP contribution in [0.3, 0.4) is 0 Å². The highest BCUT2D eigenvalue weighted by molar-refractivity contribution is 6.29. The van der Waals surface area contributed by atoms with E-state index < -0.39 is 0 Å². The third kappa shape index (κ3) is 2.36. The molecule has 5 heteroatoms. The zero-order chi connectivity index (χ0) is 13.1. The molecule has 0 fully saturated rings. The molecule has 1 aromatic heterocycles. The second-order valence-electron chi connectivity index (χ2n) is 3.77. The van der Waals surface area contributed by atoms with Gasteiger partial charge in [0.2, 0.25) is 0 Å². The van der Waals surface area contributed by atoms with E-state index in [1.165, 1.54) is 0 Å². The van der Waals surface area contributed by atoms with Gasteiger partial charge in [0.05, 0.1) is 17.3 Å². The molecule has 0 aliphatic rings. The monoisotopic (exact) mass is 258 g/mol. The van der Waals surface area contributed by atoms with Gasteiger partial charge in [-0.1, -0.05) is 17.7 Å². The summed E-state index contributed by atoms with van der Waals surface area (Å²) in [6.45, 7) is 0. The van der Waals surface area contributed by atoms with E-state index in [9.17, 15) is 0 Å². The Morgan fingerprint density at radius 3 is 2.83 bits per heavy atom. The fourth-order valence-corrected chi connectivity index (χ4v) is 1.75. The Balaban J connectivity index is 2.44. The van der Waals surface area contributed by atoms with E-state index in [-0.39, 0.29) is 0 Å². The van der Waals surface area contributed by atoms with Crippen LogP contribution in [0.1, 0.15) is 5.56 Å². The first-order valence-electron chi connectivity index (χ1n) is 5.27. The summed E-state index contributed by atoms with van der Waals surface area (Å²) in [7, 11) is 1.82. The van der Waals surface area contributed by atoms with Gasteiger partial charge in [-0.25, -0.2) is 4.98 Å². The third-order valence-electron chi connectivity index (χ3n) is 2.55. The normalized spacial score (nSPS) is 9.83. The van der Waals surface area contributed by atoms with Crippen molar-refractivity contribution in [2.75, 3.05) is 17.7 Å². The van der Waals surface area contributed by atoms with Crippen molar-refractivity contribution in [1.82, 2.24) is 4.98 Å². The lowest BCUT2D eigenvalue weighted by atomic mass is 10.2. The molecule has 0 aliphatic carbocycles. The van der Waals surface area contributed by atoms with Gasteiger partial charge in [-0.2, -0.15) is 5.26 Å². The molecular formula is C13H11ClN4. The van der Waals surface area contributed by atoms with Crippen LogP contribution in [0.5, 0.6) is 0 Å². The zero-order valence-electron chi connectivity index (χ0n) is 9.76. The number of rotatable bonds is 2. The molecule has 0 saturated heterocycles. The standard InChI is InChI=1S/C13H11ClN4/c1-18(10-4-2-3-9(7-10)8-15)13-11(16)5-6-12(14)17-13/h2-7H,16H2,1H3. The number of halogens is 1. The lowest BCUT2D eigenvalue weighted by Gasteiger charge is -2.20. The average molecular weight is 259 g/mol. The van der Waals surface area contributed by atoms with Crippen LogP contribution in [-0.2, 0) is 0 Å². The van der Waals surface area contributed by atoms with Gasteiger partial charge in [0.25, 0.3) is 0 Å². The lowest BCUT2D eigenvalue weighted by Crippen LogP contribution is -2.13. The van der Waals surface area contributed by atoms with Crippen molar-refractivity contribution in [3.05, 3.63) is 47.1 Å². The molecular weight excluding hydrogens is 248 g/mol. The average Bonchev–Trinajstić information content (AvgIpc) is 2.41. The number of anilines is 3. The van der Waals surface area contributed by atoms with E-state index in [1.54, 1.807) is 29.2 Å². The van der Waals surface area contributed by atoms with Gasteiger partial charge >= 0.3 is 0 Å². The Hall–Kier alpha value is -2.25. The number of nitrogens with zero attached hydrogens (tertiary/aromatic N) is 3. The molecule has 0 spiro atoms. The maximum Gasteiger partial charge on any atom is 0.157 e. The Kier molecular flexibility index (Phi) is 3.35. The quantitative estimate of drug-likeness (QED) is 0.841. The first-order chi connectivity index (χ1) is 8.61. The van der Waals surface area contributed by atoms with Gasteiger partial charge in [0, 0.05) is 12.7 Å². The highest BCUT2D eigenvalue weighted by Crippen LogP contribution is 2.28.